The van der Waals surface area contributed by atoms with Crippen LogP contribution in [0.1, 0.15) is 43.0 Å². The number of benzene rings is 1. The van der Waals surface area contributed by atoms with Crippen molar-refractivity contribution in [2.24, 2.45) is 4.99 Å². The van der Waals surface area contributed by atoms with E-state index < -0.39 is 51.7 Å². The van der Waals surface area contributed by atoms with Crippen LogP contribution in [-0.2, 0) is 10.8 Å². The third-order valence-electron chi connectivity index (χ3n) is 5.44. The van der Waals surface area contributed by atoms with Gasteiger partial charge in [-0.15, -0.1) is 0 Å². The molecule has 0 radical (unpaired) electrons. The summed E-state index contributed by atoms with van der Waals surface area (Å²) in [5.74, 6) is -4.17. The standard InChI is InChI=1S/C26H28ClF3N4O5S/c1-5-9-32-24(17-7-6-8-20(23(17)30)40(4)39)19(28)13-34-15(3)11-18(22(27)25(34)35)14(2)10-16(12-21(29)31)33-26(36,37)38/h5-9,11-14,31,33,36-38H,10H2,1-4H3/b9-5+,16-12-,19-13-,31-21?,32-24+. The lowest BCUT2D eigenvalue weighted by Gasteiger charge is -2.22. The van der Waals surface area contributed by atoms with Crippen LogP contribution in [0.4, 0.5) is 13.2 Å². The number of aliphatic hydroxyl groups is 3. The Hall–Kier alpha value is -3.36. The van der Waals surface area contributed by atoms with E-state index >= 15 is 8.78 Å². The Morgan fingerprint density at radius 3 is 2.52 bits per heavy atom. The molecule has 9 nitrogen and oxygen atoms in total. The zero-order valence-corrected chi connectivity index (χ0v) is 23.4. The lowest BCUT2D eigenvalue weighted by molar-refractivity contribution is -0.326. The van der Waals surface area contributed by atoms with E-state index in [1.165, 1.54) is 49.7 Å². The zero-order chi connectivity index (χ0) is 30.4. The number of aromatic nitrogens is 1. The van der Waals surface area contributed by atoms with Crippen LogP contribution in [-0.4, -0.2) is 48.1 Å². The third-order valence-corrected chi connectivity index (χ3v) is 6.75. The lowest BCUT2D eigenvalue weighted by atomic mass is 9.95. The van der Waals surface area contributed by atoms with E-state index in [1.54, 1.807) is 13.8 Å². The number of aryl methyl sites for hydroxylation is 1. The van der Waals surface area contributed by atoms with Crippen molar-refractivity contribution in [3.63, 3.8) is 0 Å². The van der Waals surface area contributed by atoms with Gasteiger partial charge in [0, 0.05) is 35.5 Å². The topological polar surface area (TPSA) is 148 Å². The highest BCUT2D eigenvalue weighted by atomic mass is 35.5. The third kappa shape index (κ3) is 8.57. The highest BCUT2D eigenvalue weighted by Crippen LogP contribution is 2.29. The second-order valence-corrected chi connectivity index (χ2v) is 10.3. The Morgan fingerprint density at radius 1 is 1.32 bits per heavy atom. The molecule has 216 valence electrons. The number of halogens is 4. The number of nitrogens with zero attached hydrogens (tertiary/aromatic N) is 2. The van der Waals surface area contributed by atoms with E-state index in [0.717, 1.165) is 10.8 Å². The maximum atomic E-state index is 15.6. The quantitative estimate of drug-likeness (QED) is 0.195. The van der Waals surface area contributed by atoms with Gasteiger partial charge in [-0.2, -0.15) is 4.39 Å². The number of allylic oxidation sites excluding steroid dienone is 4. The fourth-order valence-corrected chi connectivity index (χ4v) is 4.68. The lowest BCUT2D eigenvalue weighted by Crippen LogP contribution is -2.44. The van der Waals surface area contributed by atoms with Gasteiger partial charge in [0.15, 0.2) is 5.83 Å². The van der Waals surface area contributed by atoms with E-state index in [0.29, 0.717) is 6.08 Å². The molecule has 2 rings (SSSR count). The predicted octanol–water partition coefficient (Wildman–Crippen LogP) is 3.98. The van der Waals surface area contributed by atoms with Crippen molar-refractivity contribution in [3.05, 3.63) is 92.2 Å². The highest BCUT2D eigenvalue weighted by Gasteiger charge is 2.24. The van der Waals surface area contributed by atoms with Crippen molar-refractivity contribution in [3.8, 4) is 0 Å². The molecule has 0 amide bonds. The SMILES string of the molecule is C/C=C/N=C(/C(F)=C/n1c(C)cc(C(C)C/C(=C/C(=N)F)NC(O)(O)O)c(Cl)c1=O)c1cccc(S(C)=O)c1F. The smallest absolute Gasteiger partial charge is 0.325 e. The van der Waals surface area contributed by atoms with Crippen molar-refractivity contribution in [1.82, 2.24) is 9.88 Å². The molecule has 1 heterocycles. The Kier molecular flexibility index (Phi) is 11.3. The molecule has 2 unspecified atom stereocenters. The van der Waals surface area contributed by atoms with Crippen LogP contribution < -0.4 is 10.9 Å². The van der Waals surface area contributed by atoms with Crippen molar-refractivity contribution in [1.29, 1.82) is 5.41 Å². The average Bonchev–Trinajstić information content (AvgIpc) is 2.83. The monoisotopic (exact) mass is 600 g/mol. The predicted molar refractivity (Wildman–Crippen MR) is 148 cm³/mol. The second-order valence-electron chi connectivity index (χ2n) is 8.62. The maximum absolute atomic E-state index is 15.6. The van der Waals surface area contributed by atoms with Gasteiger partial charge in [-0.3, -0.25) is 24.0 Å². The summed E-state index contributed by atoms with van der Waals surface area (Å²) in [5.41, 5.74) is -1.47. The van der Waals surface area contributed by atoms with E-state index in [2.05, 4.69) is 4.99 Å². The molecule has 40 heavy (non-hydrogen) atoms. The van der Waals surface area contributed by atoms with Crippen LogP contribution in [0.2, 0.25) is 5.02 Å². The van der Waals surface area contributed by atoms with Crippen LogP contribution >= 0.6 is 11.6 Å². The average molecular weight is 601 g/mol. The van der Waals surface area contributed by atoms with E-state index in [9.17, 15) is 28.7 Å². The molecule has 2 aromatic rings. The number of hydrogen-bond donors (Lipinski definition) is 5. The Labute approximate surface area is 235 Å². The number of nitrogens with one attached hydrogen (secondary N) is 2. The fourth-order valence-electron chi connectivity index (χ4n) is 3.72. The molecule has 1 aromatic carbocycles. The fraction of sp³-hybridized carbons (Fsp3) is 0.269. The normalized spacial score (nSPS) is 14.9. The Morgan fingerprint density at radius 2 is 1.98 bits per heavy atom. The molecule has 0 aliphatic rings. The molecule has 0 saturated heterocycles. The van der Waals surface area contributed by atoms with Crippen molar-refractivity contribution in [2.75, 3.05) is 6.26 Å². The van der Waals surface area contributed by atoms with E-state index in [1.807, 2.05) is 5.32 Å². The van der Waals surface area contributed by atoms with Gasteiger partial charge < -0.3 is 20.6 Å². The first-order chi connectivity index (χ1) is 18.6. The van der Waals surface area contributed by atoms with E-state index in [-0.39, 0.29) is 38.9 Å². The van der Waals surface area contributed by atoms with Crippen molar-refractivity contribution < 1.29 is 32.7 Å². The molecule has 0 fully saturated rings. The summed E-state index contributed by atoms with van der Waals surface area (Å²) in [6, 6.07) is 5.39. The minimum Gasteiger partial charge on any atom is -0.325 e. The van der Waals surface area contributed by atoms with Crippen LogP contribution in [0.15, 0.2) is 68.8 Å². The number of pyridine rings is 1. The van der Waals surface area contributed by atoms with Crippen LogP contribution in [0.5, 0.6) is 0 Å². The molecule has 0 spiro atoms. The summed E-state index contributed by atoms with van der Waals surface area (Å²) < 4.78 is 56.6. The van der Waals surface area contributed by atoms with Gasteiger partial charge in [-0.25, -0.2) is 8.78 Å². The molecular weight excluding hydrogens is 573 g/mol. The minimum atomic E-state index is -3.40. The van der Waals surface area contributed by atoms with Gasteiger partial charge in [0.1, 0.15) is 16.6 Å². The van der Waals surface area contributed by atoms with Crippen LogP contribution in [0.3, 0.4) is 0 Å². The summed E-state index contributed by atoms with van der Waals surface area (Å²) >= 11 is 6.31. The van der Waals surface area contributed by atoms with Crippen molar-refractivity contribution >= 4 is 40.3 Å². The molecular formula is C26H28ClF3N4O5S. The maximum Gasteiger partial charge on any atom is 0.366 e. The number of hydrogen-bond acceptors (Lipinski definition) is 8. The molecule has 5 N–H and O–H groups in total. The van der Waals surface area contributed by atoms with Crippen molar-refractivity contribution in [2.45, 2.75) is 44.1 Å². The highest BCUT2D eigenvalue weighted by molar-refractivity contribution is 7.84. The summed E-state index contributed by atoms with van der Waals surface area (Å²) in [5, 5.41) is 36.0. The van der Waals surface area contributed by atoms with Crippen LogP contribution in [0, 0.1) is 18.2 Å². The molecule has 14 heteroatoms. The summed E-state index contributed by atoms with van der Waals surface area (Å²) in [7, 11) is -1.70. The summed E-state index contributed by atoms with van der Waals surface area (Å²) in [6.45, 7) is 4.63. The van der Waals surface area contributed by atoms with E-state index in [4.69, 9.17) is 17.0 Å². The minimum absolute atomic E-state index is 0.153. The summed E-state index contributed by atoms with van der Waals surface area (Å²) in [6.07, 6.45) is 1.73. The Bertz CT molecular complexity index is 1500. The van der Waals surface area contributed by atoms with Gasteiger partial charge in [-0.1, -0.05) is 30.7 Å². The number of aliphatic imine (C=N–C) groups is 1. The molecule has 0 aliphatic heterocycles. The first-order valence-electron chi connectivity index (χ1n) is 11.6. The molecule has 2 atom stereocenters. The largest absolute Gasteiger partial charge is 0.366 e. The first-order valence-corrected chi connectivity index (χ1v) is 13.5. The van der Waals surface area contributed by atoms with Gasteiger partial charge in [0.25, 0.3) is 5.56 Å². The molecule has 0 saturated carbocycles. The van der Waals surface area contributed by atoms with Gasteiger partial charge in [0.2, 0.25) is 5.97 Å². The molecule has 0 bridgehead atoms. The number of rotatable bonds is 11. The molecule has 0 aliphatic carbocycles. The zero-order valence-electron chi connectivity index (χ0n) is 21.9. The van der Waals surface area contributed by atoms with Gasteiger partial charge in [0.05, 0.1) is 21.9 Å². The van der Waals surface area contributed by atoms with Crippen LogP contribution in [0.25, 0.3) is 6.20 Å². The summed E-state index contributed by atoms with van der Waals surface area (Å²) in [4.78, 5) is 16.9. The molecule has 1 aromatic heterocycles. The Balaban J connectivity index is 2.59. The van der Waals surface area contributed by atoms with Gasteiger partial charge in [-0.05, 0) is 49.9 Å². The second kappa shape index (κ2) is 13.8. The first kappa shape index (κ1) is 32.8. The van der Waals surface area contributed by atoms with Gasteiger partial charge >= 0.3 is 6.10 Å².